The van der Waals surface area contributed by atoms with Gasteiger partial charge in [0.25, 0.3) is 0 Å². The van der Waals surface area contributed by atoms with Gasteiger partial charge in [0, 0.05) is 25.1 Å². The SMILES string of the molecule is C1=CN(c2cc[nH]c2)CC1. The highest BCUT2D eigenvalue weighted by Crippen LogP contribution is 2.16. The van der Waals surface area contributed by atoms with E-state index in [0.717, 1.165) is 6.54 Å². The van der Waals surface area contributed by atoms with Crippen LogP contribution in [0.2, 0.25) is 0 Å². The minimum Gasteiger partial charge on any atom is -0.366 e. The van der Waals surface area contributed by atoms with Crippen molar-refractivity contribution in [2.45, 2.75) is 6.42 Å². The van der Waals surface area contributed by atoms with E-state index in [-0.39, 0.29) is 0 Å². The fourth-order valence-electron chi connectivity index (χ4n) is 1.20. The van der Waals surface area contributed by atoms with Gasteiger partial charge in [-0.25, -0.2) is 0 Å². The third-order valence-electron chi connectivity index (χ3n) is 1.74. The quantitative estimate of drug-likeness (QED) is 0.619. The molecule has 0 fully saturated rings. The van der Waals surface area contributed by atoms with Gasteiger partial charge >= 0.3 is 0 Å². The molecule has 0 amide bonds. The topological polar surface area (TPSA) is 19.0 Å². The Balaban J connectivity index is 2.20. The molecule has 0 atom stereocenters. The monoisotopic (exact) mass is 134 g/mol. The molecule has 0 aliphatic carbocycles. The van der Waals surface area contributed by atoms with E-state index in [1.807, 2.05) is 12.4 Å². The summed E-state index contributed by atoms with van der Waals surface area (Å²) in [6.45, 7) is 1.12. The molecule has 2 heterocycles. The number of aromatic amines is 1. The molecule has 0 radical (unpaired) electrons. The van der Waals surface area contributed by atoms with Gasteiger partial charge in [-0.05, 0) is 12.5 Å². The van der Waals surface area contributed by atoms with E-state index < -0.39 is 0 Å². The van der Waals surface area contributed by atoms with Crippen LogP contribution in [-0.4, -0.2) is 11.5 Å². The molecule has 1 aromatic heterocycles. The van der Waals surface area contributed by atoms with E-state index in [9.17, 15) is 0 Å². The van der Waals surface area contributed by atoms with Crippen LogP contribution < -0.4 is 4.90 Å². The van der Waals surface area contributed by atoms with Gasteiger partial charge in [-0.3, -0.25) is 0 Å². The van der Waals surface area contributed by atoms with Crippen LogP contribution >= 0.6 is 0 Å². The molecule has 0 saturated heterocycles. The Labute approximate surface area is 60.2 Å². The lowest BCUT2D eigenvalue weighted by Gasteiger charge is -2.11. The molecule has 2 heteroatoms. The fraction of sp³-hybridized carbons (Fsp3) is 0.250. The molecule has 2 nitrogen and oxygen atoms in total. The summed E-state index contributed by atoms with van der Waals surface area (Å²) in [5.74, 6) is 0. The molecule has 1 aliphatic heterocycles. The van der Waals surface area contributed by atoms with Gasteiger partial charge in [0.2, 0.25) is 0 Å². The Morgan fingerprint density at radius 3 is 3.10 bits per heavy atom. The van der Waals surface area contributed by atoms with Crippen LogP contribution in [0.3, 0.4) is 0 Å². The van der Waals surface area contributed by atoms with E-state index in [0.29, 0.717) is 0 Å². The zero-order chi connectivity index (χ0) is 6.81. The van der Waals surface area contributed by atoms with Gasteiger partial charge in [-0.1, -0.05) is 6.08 Å². The van der Waals surface area contributed by atoms with Crippen molar-refractivity contribution < 1.29 is 0 Å². The minimum atomic E-state index is 1.12. The highest BCUT2D eigenvalue weighted by Gasteiger charge is 2.05. The summed E-state index contributed by atoms with van der Waals surface area (Å²) in [6.07, 6.45) is 9.44. The van der Waals surface area contributed by atoms with Gasteiger partial charge in [-0.15, -0.1) is 0 Å². The number of aromatic nitrogens is 1. The molecule has 1 N–H and O–H groups in total. The molecule has 0 unspecified atom stereocenters. The molecule has 0 saturated carbocycles. The van der Waals surface area contributed by atoms with Gasteiger partial charge < -0.3 is 9.88 Å². The summed E-state index contributed by atoms with van der Waals surface area (Å²) in [7, 11) is 0. The van der Waals surface area contributed by atoms with Crippen LogP contribution in [0.5, 0.6) is 0 Å². The lowest BCUT2D eigenvalue weighted by molar-refractivity contribution is 1.00. The molecule has 10 heavy (non-hydrogen) atoms. The van der Waals surface area contributed by atoms with E-state index in [1.165, 1.54) is 12.1 Å². The van der Waals surface area contributed by atoms with Crippen molar-refractivity contribution in [1.82, 2.24) is 4.98 Å². The summed E-state index contributed by atoms with van der Waals surface area (Å²) in [5, 5.41) is 0. The third-order valence-corrected chi connectivity index (χ3v) is 1.74. The number of hydrogen-bond donors (Lipinski definition) is 1. The zero-order valence-electron chi connectivity index (χ0n) is 5.75. The second-order valence-electron chi connectivity index (χ2n) is 2.44. The largest absolute Gasteiger partial charge is 0.366 e. The van der Waals surface area contributed by atoms with Gasteiger partial charge in [0.05, 0.1) is 5.69 Å². The van der Waals surface area contributed by atoms with E-state index >= 15 is 0 Å². The van der Waals surface area contributed by atoms with Crippen LogP contribution in [0, 0.1) is 0 Å². The van der Waals surface area contributed by atoms with Crippen LogP contribution in [0.15, 0.2) is 30.7 Å². The molecule has 2 rings (SSSR count). The predicted octanol–water partition coefficient (Wildman–Crippen LogP) is 1.74. The molecular weight excluding hydrogens is 124 g/mol. The van der Waals surface area contributed by atoms with Gasteiger partial charge in [0.1, 0.15) is 0 Å². The number of H-pyrrole nitrogens is 1. The smallest absolute Gasteiger partial charge is 0.0583 e. The highest BCUT2D eigenvalue weighted by molar-refractivity contribution is 5.48. The van der Waals surface area contributed by atoms with E-state index in [1.54, 1.807) is 0 Å². The maximum absolute atomic E-state index is 3.03. The molecule has 0 bridgehead atoms. The Morgan fingerprint density at radius 2 is 2.50 bits per heavy atom. The third kappa shape index (κ3) is 0.817. The number of hydrogen-bond acceptors (Lipinski definition) is 1. The summed E-state index contributed by atoms with van der Waals surface area (Å²) in [6, 6.07) is 2.08. The summed E-state index contributed by atoms with van der Waals surface area (Å²) < 4.78 is 0. The van der Waals surface area contributed by atoms with Crippen molar-refractivity contribution in [1.29, 1.82) is 0 Å². The Bertz CT molecular complexity index is 223. The lowest BCUT2D eigenvalue weighted by Crippen LogP contribution is -2.10. The molecule has 0 aromatic carbocycles. The fourth-order valence-corrected chi connectivity index (χ4v) is 1.20. The number of anilines is 1. The first-order valence-electron chi connectivity index (χ1n) is 3.53. The van der Waals surface area contributed by atoms with Crippen molar-refractivity contribution in [2.75, 3.05) is 11.4 Å². The second-order valence-corrected chi connectivity index (χ2v) is 2.44. The second kappa shape index (κ2) is 2.21. The van der Waals surface area contributed by atoms with Crippen molar-refractivity contribution in [3.05, 3.63) is 30.7 Å². The molecule has 1 aliphatic rings. The van der Waals surface area contributed by atoms with Crippen LogP contribution in [0.25, 0.3) is 0 Å². The molecule has 0 spiro atoms. The van der Waals surface area contributed by atoms with Crippen molar-refractivity contribution in [3.8, 4) is 0 Å². The predicted molar refractivity (Wildman–Crippen MR) is 41.9 cm³/mol. The first kappa shape index (κ1) is 5.59. The Hall–Kier alpha value is -1.18. The minimum absolute atomic E-state index is 1.12. The Kier molecular flexibility index (Phi) is 1.24. The highest BCUT2D eigenvalue weighted by atomic mass is 15.1. The van der Waals surface area contributed by atoms with Crippen molar-refractivity contribution >= 4 is 5.69 Å². The first-order chi connectivity index (χ1) is 4.97. The maximum Gasteiger partial charge on any atom is 0.0583 e. The zero-order valence-corrected chi connectivity index (χ0v) is 5.75. The Morgan fingerprint density at radius 1 is 1.50 bits per heavy atom. The van der Waals surface area contributed by atoms with Crippen LogP contribution in [0.1, 0.15) is 6.42 Å². The molecule has 52 valence electrons. The van der Waals surface area contributed by atoms with Gasteiger partial charge in [0.15, 0.2) is 0 Å². The summed E-state index contributed by atoms with van der Waals surface area (Å²) in [4.78, 5) is 5.26. The summed E-state index contributed by atoms with van der Waals surface area (Å²) >= 11 is 0. The van der Waals surface area contributed by atoms with Gasteiger partial charge in [-0.2, -0.15) is 0 Å². The molecule has 1 aromatic rings. The van der Waals surface area contributed by atoms with Crippen molar-refractivity contribution in [3.63, 3.8) is 0 Å². The number of rotatable bonds is 1. The van der Waals surface area contributed by atoms with E-state index in [4.69, 9.17) is 0 Å². The number of nitrogens with one attached hydrogen (secondary N) is 1. The maximum atomic E-state index is 3.03. The van der Waals surface area contributed by atoms with Crippen molar-refractivity contribution in [2.24, 2.45) is 0 Å². The van der Waals surface area contributed by atoms with Crippen LogP contribution in [0.4, 0.5) is 5.69 Å². The standard InChI is InChI=1S/C8H10N2/c1-2-6-10(5-1)8-3-4-9-7-8/h1,3-5,7,9H,2,6H2. The normalized spacial score (nSPS) is 16.6. The molecular formula is C8H10N2. The average Bonchev–Trinajstić information content (AvgIpc) is 2.59. The lowest BCUT2D eigenvalue weighted by atomic mass is 10.4. The number of nitrogens with zero attached hydrogens (tertiary/aromatic N) is 1. The van der Waals surface area contributed by atoms with Crippen LogP contribution in [-0.2, 0) is 0 Å². The van der Waals surface area contributed by atoms with E-state index in [2.05, 4.69) is 28.2 Å². The first-order valence-corrected chi connectivity index (χ1v) is 3.53. The summed E-state index contributed by atoms with van der Waals surface area (Å²) in [5.41, 5.74) is 1.26. The average molecular weight is 134 g/mol.